The zero-order valence-corrected chi connectivity index (χ0v) is 10.2. The highest BCUT2D eigenvalue weighted by atomic mass is 19.4. The second-order valence-corrected chi connectivity index (χ2v) is 3.76. The smallest absolute Gasteiger partial charge is 0.405 e. The van der Waals surface area contributed by atoms with Gasteiger partial charge in [0.25, 0.3) is 0 Å². The van der Waals surface area contributed by atoms with Crippen molar-refractivity contribution < 1.29 is 28.0 Å². The number of nitriles is 1. The number of rotatable bonds is 5. The van der Waals surface area contributed by atoms with Crippen LogP contribution in [0.25, 0.3) is 0 Å². The molecule has 1 rings (SSSR count). The number of hydrogen-bond donors (Lipinski definition) is 1. The van der Waals surface area contributed by atoms with Gasteiger partial charge in [-0.15, -0.1) is 0 Å². The van der Waals surface area contributed by atoms with Gasteiger partial charge in [-0.1, -0.05) is 0 Å². The molecule has 0 radical (unpaired) electrons. The highest BCUT2D eigenvalue weighted by molar-refractivity contribution is 5.76. The monoisotopic (exact) mass is 304 g/mol. The minimum absolute atomic E-state index is 0.182. The van der Waals surface area contributed by atoms with E-state index in [1.165, 1.54) is 6.07 Å². The van der Waals surface area contributed by atoms with Crippen LogP contribution in [0.4, 0.5) is 24.7 Å². The molecular formula is C10H7F3N4O4. The number of halogens is 3. The second-order valence-electron chi connectivity index (χ2n) is 3.76. The van der Waals surface area contributed by atoms with Gasteiger partial charge in [0.2, 0.25) is 5.82 Å². The Balaban J connectivity index is 3.40. The summed E-state index contributed by atoms with van der Waals surface area (Å²) in [5, 5.41) is 28.3. The van der Waals surface area contributed by atoms with E-state index in [9.17, 15) is 28.1 Å². The van der Waals surface area contributed by atoms with Crippen molar-refractivity contribution in [2.24, 2.45) is 0 Å². The lowest BCUT2D eigenvalue weighted by Crippen LogP contribution is -2.38. The molecule has 0 atom stereocenters. The van der Waals surface area contributed by atoms with Gasteiger partial charge < -0.3 is 10.0 Å². The van der Waals surface area contributed by atoms with Crippen molar-refractivity contribution in [3.8, 4) is 6.07 Å². The highest BCUT2D eigenvalue weighted by Gasteiger charge is 2.36. The van der Waals surface area contributed by atoms with Gasteiger partial charge in [-0.2, -0.15) is 18.4 Å². The Kier molecular flexibility index (Phi) is 4.64. The topological polar surface area (TPSA) is 120 Å². The average Bonchev–Trinajstić information content (AvgIpc) is 2.34. The first-order valence-corrected chi connectivity index (χ1v) is 5.22. The Bertz CT molecular complexity index is 611. The molecule has 0 aliphatic heterocycles. The summed E-state index contributed by atoms with van der Waals surface area (Å²) in [7, 11) is 0. The summed E-state index contributed by atoms with van der Waals surface area (Å²) in [4.78, 5) is 24.1. The molecule has 0 saturated carbocycles. The number of aliphatic carboxylic acids is 1. The van der Waals surface area contributed by atoms with Crippen molar-refractivity contribution in [1.82, 2.24) is 4.98 Å². The molecule has 0 amide bonds. The first-order chi connectivity index (χ1) is 9.65. The van der Waals surface area contributed by atoms with E-state index >= 15 is 0 Å². The fourth-order valence-corrected chi connectivity index (χ4v) is 1.53. The van der Waals surface area contributed by atoms with Crippen molar-refractivity contribution in [1.29, 1.82) is 5.26 Å². The van der Waals surface area contributed by atoms with E-state index in [1.807, 2.05) is 0 Å². The van der Waals surface area contributed by atoms with Crippen LogP contribution in [0, 0.1) is 21.4 Å². The summed E-state index contributed by atoms with van der Waals surface area (Å²) in [5.74, 6) is -2.45. The van der Waals surface area contributed by atoms with Crippen molar-refractivity contribution in [2.75, 3.05) is 18.0 Å². The molecule has 0 saturated heterocycles. The SMILES string of the molecule is N#Cc1ccnc(N(CC(=O)O)CC(F)(F)F)c1[N+](=O)[O-]. The highest BCUT2D eigenvalue weighted by Crippen LogP contribution is 2.31. The van der Waals surface area contributed by atoms with Crippen LogP contribution in [-0.2, 0) is 4.79 Å². The van der Waals surface area contributed by atoms with Crippen LogP contribution in [0.1, 0.15) is 5.56 Å². The largest absolute Gasteiger partial charge is 0.480 e. The number of alkyl halides is 3. The Labute approximate surface area is 115 Å². The summed E-state index contributed by atoms with van der Waals surface area (Å²) in [6.07, 6.45) is -3.90. The molecule has 0 fully saturated rings. The van der Waals surface area contributed by atoms with Gasteiger partial charge in [-0.3, -0.25) is 14.9 Å². The maximum atomic E-state index is 12.5. The van der Waals surface area contributed by atoms with Crippen LogP contribution < -0.4 is 4.90 Å². The Morgan fingerprint density at radius 3 is 2.62 bits per heavy atom. The van der Waals surface area contributed by atoms with E-state index in [1.54, 1.807) is 0 Å². The van der Waals surface area contributed by atoms with Gasteiger partial charge in [0.15, 0.2) is 0 Å². The summed E-state index contributed by atoms with van der Waals surface area (Å²) < 4.78 is 37.4. The van der Waals surface area contributed by atoms with Gasteiger partial charge in [-0.05, 0) is 6.07 Å². The molecule has 21 heavy (non-hydrogen) atoms. The quantitative estimate of drug-likeness (QED) is 0.643. The molecule has 11 heteroatoms. The first kappa shape index (κ1) is 16.2. The predicted octanol–water partition coefficient (Wildman–Crippen LogP) is 1.31. The molecule has 0 spiro atoms. The number of hydrogen-bond acceptors (Lipinski definition) is 6. The summed E-state index contributed by atoms with van der Waals surface area (Å²) >= 11 is 0. The van der Waals surface area contributed by atoms with Gasteiger partial charge in [-0.25, -0.2) is 4.98 Å². The molecule has 1 N–H and O–H groups in total. The lowest BCUT2D eigenvalue weighted by atomic mass is 10.2. The number of carboxylic acids is 1. The van der Waals surface area contributed by atoms with Crippen molar-refractivity contribution in [3.05, 3.63) is 27.9 Å². The molecule has 0 unspecified atom stereocenters. The number of carboxylic acid groups (broad SMARTS) is 1. The van der Waals surface area contributed by atoms with Gasteiger partial charge in [0.1, 0.15) is 24.7 Å². The third kappa shape index (κ3) is 4.30. The zero-order chi connectivity index (χ0) is 16.2. The van der Waals surface area contributed by atoms with Crippen molar-refractivity contribution in [2.45, 2.75) is 6.18 Å². The fourth-order valence-electron chi connectivity index (χ4n) is 1.53. The Morgan fingerprint density at radius 1 is 1.57 bits per heavy atom. The van der Waals surface area contributed by atoms with E-state index in [0.717, 1.165) is 12.3 Å². The molecule has 1 heterocycles. The minimum atomic E-state index is -4.80. The van der Waals surface area contributed by atoms with Crippen molar-refractivity contribution >= 4 is 17.5 Å². The molecule has 8 nitrogen and oxygen atoms in total. The maximum Gasteiger partial charge on any atom is 0.405 e. The molecule has 0 bridgehead atoms. The molecule has 1 aromatic rings. The normalized spacial score (nSPS) is 10.8. The third-order valence-electron chi connectivity index (χ3n) is 2.20. The summed E-state index contributed by atoms with van der Waals surface area (Å²) in [5.41, 5.74) is -1.48. The fraction of sp³-hybridized carbons (Fsp3) is 0.300. The van der Waals surface area contributed by atoms with Crippen LogP contribution in [0.2, 0.25) is 0 Å². The summed E-state index contributed by atoms with van der Waals surface area (Å²) in [6.45, 7) is -2.90. The van der Waals surface area contributed by atoms with E-state index in [2.05, 4.69) is 4.98 Å². The average molecular weight is 304 g/mol. The van der Waals surface area contributed by atoms with Gasteiger partial charge in [0, 0.05) is 6.20 Å². The molecule has 0 aromatic carbocycles. The number of pyridine rings is 1. The third-order valence-corrected chi connectivity index (χ3v) is 2.20. The second kappa shape index (κ2) is 6.04. The molecule has 112 valence electrons. The first-order valence-electron chi connectivity index (χ1n) is 5.22. The summed E-state index contributed by atoms with van der Waals surface area (Å²) in [6, 6.07) is 2.40. The van der Waals surface area contributed by atoms with E-state index in [4.69, 9.17) is 10.4 Å². The van der Waals surface area contributed by atoms with Crippen LogP contribution in [-0.4, -0.2) is 40.2 Å². The minimum Gasteiger partial charge on any atom is -0.480 e. The Morgan fingerprint density at radius 2 is 2.19 bits per heavy atom. The van der Waals surface area contributed by atoms with Crippen LogP contribution in [0.15, 0.2) is 12.3 Å². The number of anilines is 1. The number of aromatic nitrogens is 1. The lowest BCUT2D eigenvalue weighted by molar-refractivity contribution is -0.384. The predicted molar refractivity (Wildman–Crippen MR) is 61.5 cm³/mol. The van der Waals surface area contributed by atoms with Gasteiger partial charge in [0.05, 0.1) is 4.92 Å². The molecule has 0 aliphatic carbocycles. The van der Waals surface area contributed by atoms with Crippen LogP contribution in [0.5, 0.6) is 0 Å². The number of carbonyl (C=O) groups is 1. The number of nitro groups is 1. The van der Waals surface area contributed by atoms with Crippen molar-refractivity contribution in [3.63, 3.8) is 0 Å². The Hall–Kier alpha value is -2.90. The molecular weight excluding hydrogens is 297 g/mol. The molecule has 1 aromatic heterocycles. The van der Waals surface area contributed by atoms with Gasteiger partial charge >= 0.3 is 17.8 Å². The van der Waals surface area contributed by atoms with Crippen LogP contribution in [0.3, 0.4) is 0 Å². The lowest BCUT2D eigenvalue weighted by Gasteiger charge is -2.22. The van der Waals surface area contributed by atoms with E-state index < -0.39 is 47.2 Å². The standard InChI is InChI=1S/C10H7F3N4O4/c11-10(12,13)5-16(4-7(18)19)9-8(17(20)21)6(3-14)1-2-15-9/h1-2H,4-5H2,(H,18,19). The molecule has 0 aliphatic rings. The van der Waals surface area contributed by atoms with Crippen LogP contribution >= 0.6 is 0 Å². The van der Waals surface area contributed by atoms with E-state index in [-0.39, 0.29) is 4.90 Å². The van der Waals surface area contributed by atoms with E-state index in [0.29, 0.717) is 0 Å². The number of nitrogens with zero attached hydrogens (tertiary/aromatic N) is 4. The zero-order valence-electron chi connectivity index (χ0n) is 10.2. The maximum absolute atomic E-state index is 12.5.